The summed E-state index contributed by atoms with van der Waals surface area (Å²) in [6.45, 7) is 0. The lowest BCUT2D eigenvalue weighted by atomic mass is 10.1. The molecule has 0 saturated heterocycles. The van der Waals surface area contributed by atoms with Gasteiger partial charge in [-0.1, -0.05) is 30.0 Å². The Bertz CT molecular complexity index is 414. The molecule has 0 bridgehead atoms. The van der Waals surface area contributed by atoms with Gasteiger partial charge in [-0.05, 0) is 18.1 Å². The summed E-state index contributed by atoms with van der Waals surface area (Å²) >= 11 is 1.60. The van der Waals surface area contributed by atoms with Crippen LogP contribution < -0.4 is 5.73 Å². The van der Waals surface area contributed by atoms with Crippen molar-refractivity contribution < 1.29 is 4.42 Å². The summed E-state index contributed by atoms with van der Waals surface area (Å²) in [5.74, 6) is 0.925. The van der Waals surface area contributed by atoms with Gasteiger partial charge in [-0.15, -0.1) is 0 Å². The maximum Gasteiger partial charge on any atom is 0.255 e. The van der Waals surface area contributed by atoms with Gasteiger partial charge in [0.15, 0.2) is 0 Å². The predicted octanol–water partition coefficient (Wildman–Crippen LogP) is 2.59. The number of aryl methyl sites for hydroxylation is 1. The molecular formula is C11H12N2OS. The highest BCUT2D eigenvalue weighted by atomic mass is 32.2. The lowest BCUT2D eigenvalue weighted by Gasteiger charge is -2.03. The molecule has 0 saturated carbocycles. The lowest BCUT2D eigenvalue weighted by molar-refractivity contribution is 0.454. The van der Waals surface area contributed by atoms with E-state index in [4.69, 9.17) is 10.2 Å². The Hall–Kier alpha value is -1.42. The minimum absolute atomic E-state index is 0.713. The highest BCUT2D eigenvalue weighted by Gasteiger charge is 2.01. The fraction of sp³-hybridized carbons (Fsp3) is 0.182. The molecule has 0 aliphatic heterocycles. The lowest BCUT2D eigenvalue weighted by Crippen LogP contribution is -1.95. The molecule has 0 aliphatic rings. The van der Waals surface area contributed by atoms with Gasteiger partial charge in [0.2, 0.25) is 0 Å². The summed E-state index contributed by atoms with van der Waals surface area (Å²) in [5.41, 5.74) is 7.86. The Labute approximate surface area is 92.7 Å². The predicted molar refractivity (Wildman–Crippen MR) is 61.8 cm³/mol. The van der Waals surface area contributed by atoms with Gasteiger partial charge in [0.1, 0.15) is 6.26 Å². The summed E-state index contributed by atoms with van der Waals surface area (Å²) in [6.07, 6.45) is 4.16. The fourth-order valence-electron chi connectivity index (χ4n) is 1.29. The molecule has 2 aromatic rings. The number of thioether (sulfide) groups is 1. The van der Waals surface area contributed by atoms with Gasteiger partial charge >= 0.3 is 0 Å². The molecule has 0 radical (unpaired) electrons. The van der Waals surface area contributed by atoms with E-state index in [1.165, 1.54) is 5.56 Å². The van der Waals surface area contributed by atoms with E-state index in [2.05, 4.69) is 4.98 Å². The third-order valence-electron chi connectivity index (χ3n) is 2.06. The first-order valence-corrected chi connectivity index (χ1v) is 5.70. The van der Waals surface area contributed by atoms with Gasteiger partial charge in [-0.2, -0.15) is 0 Å². The normalized spacial score (nSPS) is 10.4. The van der Waals surface area contributed by atoms with Gasteiger partial charge < -0.3 is 10.2 Å². The van der Waals surface area contributed by atoms with E-state index < -0.39 is 0 Å². The van der Waals surface area contributed by atoms with Gasteiger partial charge in [0.05, 0.1) is 6.20 Å². The van der Waals surface area contributed by atoms with Crippen molar-refractivity contribution in [3.8, 4) is 0 Å². The number of benzene rings is 1. The first kappa shape index (κ1) is 10.1. The molecule has 3 nitrogen and oxygen atoms in total. The maximum atomic E-state index is 5.83. The molecule has 1 aromatic heterocycles. The topological polar surface area (TPSA) is 52.0 Å². The van der Waals surface area contributed by atoms with Crippen LogP contribution in [0.5, 0.6) is 0 Å². The summed E-state index contributed by atoms with van der Waals surface area (Å²) in [6, 6.07) is 7.91. The molecule has 0 unspecified atom stereocenters. The van der Waals surface area contributed by atoms with Crippen LogP contribution in [0.2, 0.25) is 0 Å². The molecule has 1 heterocycles. The number of rotatable bonds is 4. The van der Waals surface area contributed by atoms with Crippen molar-refractivity contribution in [2.75, 3.05) is 11.5 Å². The van der Waals surface area contributed by atoms with E-state index in [0.29, 0.717) is 5.22 Å². The van der Waals surface area contributed by atoms with E-state index in [1.54, 1.807) is 24.2 Å². The van der Waals surface area contributed by atoms with Crippen LogP contribution >= 0.6 is 11.8 Å². The van der Waals surface area contributed by atoms with Crippen LogP contribution in [0.1, 0.15) is 5.56 Å². The highest BCUT2D eigenvalue weighted by Crippen LogP contribution is 2.18. The monoisotopic (exact) mass is 220 g/mol. The molecule has 0 spiro atoms. The number of nitrogen functional groups attached to an aromatic ring is 1. The number of aromatic nitrogens is 1. The van der Waals surface area contributed by atoms with Gasteiger partial charge in [0, 0.05) is 11.4 Å². The molecule has 2 N–H and O–H groups in total. The van der Waals surface area contributed by atoms with Crippen molar-refractivity contribution in [2.24, 2.45) is 0 Å². The van der Waals surface area contributed by atoms with E-state index in [9.17, 15) is 0 Å². The van der Waals surface area contributed by atoms with E-state index in [0.717, 1.165) is 17.9 Å². The molecule has 0 aliphatic carbocycles. The molecule has 78 valence electrons. The van der Waals surface area contributed by atoms with E-state index in [1.807, 2.05) is 24.3 Å². The zero-order chi connectivity index (χ0) is 10.5. The summed E-state index contributed by atoms with van der Waals surface area (Å²) in [5, 5.41) is 0.713. The molecule has 4 heteroatoms. The number of hydrogen-bond donors (Lipinski definition) is 1. The third-order valence-corrected chi connectivity index (χ3v) is 2.92. The van der Waals surface area contributed by atoms with Crippen molar-refractivity contribution in [1.29, 1.82) is 0 Å². The number of nitrogens with zero attached hydrogens (tertiary/aromatic N) is 1. The van der Waals surface area contributed by atoms with Crippen LogP contribution in [0.15, 0.2) is 46.4 Å². The number of hydrogen-bond acceptors (Lipinski definition) is 4. The summed E-state index contributed by atoms with van der Waals surface area (Å²) in [4.78, 5) is 4.03. The van der Waals surface area contributed by atoms with Crippen molar-refractivity contribution >= 4 is 17.4 Å². The fourth-order valence-corrected chi connectivity index (χ4v) is 2.05. The molecule has 1 aromatic carbocycles. The molecule has 15 heavy (non-hydrogen) atoms. The highest BCUT2D eigenvalue weighted by molar-refractivity contribution is 7.99. The number of oxazole rings is 1. The minimum atomic E-state index is 0.713. The molecule has 2 rings (SSSR count). The zero-order valence-corrected chi connectivity index (χ0v) is 9.04. The van der Waals surface area contributed by atoms with Crippen molar-refractivity contribution in [2.45, 2.75) is 11.6 Å². The molecule has 0 fully saturated rings. The smallest absolute Gasteiger partial charge is 0.255 e. The Morgan fingerprint density at radius 3 is 2.93 bits per heavy atom. The molecule has 0 atom stereocenters. The molecular weight excluding hydrogens is 208 g/mol. The van der Waals surface area contributed by atoms with E-state index in [-0.39, 0.29) is 0 Å². The van der Waals surface area contributed by atoms with Crippen LogP contribution in [-0.2, 0) is 6.42 Å². The zero-order valence-electron chi connectivity index (χ0n) is 8.22. The summed E-state index contributed by atoms with van der Waals surface area (Å²) in [7, 11) is 0. The van der Waals surface area contributed by atoms with Crippen molar-refractivity contribution in [3.05, 3.63) is 42.3 Å². The number of para-hydroxylation sites is 1. The maximum absolute atomic E-state index is 5.83. The van der Waals surface area contributed by atoms with E-state index >= 15 is 0 Å². The third kappa shape index (κ3) is 2.76. The Morgan fingerprint density at radius 1 is 1.33 bits per heavy atom. The van der Waals surface area contributed by atoms with Crippen LogP contribution in [0.3, 0.4) is 0 Å². The Morgan fingerprint density at radius 2 is 2.20 bits per heavy atom. The molecule has 0 amide bonds. The standard InChI is InChI=1S/C11H12N2OS/c12-10-4-2-1-3-9(10)5-8-15-11-13-6-7-14-11/h1-4,6-7H,5,8,12H2. The first-order valence-electron chi connectivity index (χ1n) is 4.72. The van der Waals surface area contributed by atoms with Gasteiger partial charge in [-0.25, -0.2) is 4.98 Å². The average molecular weight is 220 g/mol. The second-order valence-corrected chi connectivity index (χ2v) is 4.14. The Kier molecular flexibility index (Phi) is 3.29. The van der Waals surface area contributed by atoms with Gasteiger partial charge in [-0.3, -0.25) is 0 Å². The second-order valence-electron chi connectivity index (χ2n) is 3.10. The van der Waals surface area contributed by atoms with Gasteiger partial charge in [0.25, 0.3) is 5.22 Å². The second kappa shape index (κ2) is 4.89. The van der Waals surface area contributed by atoms with Crippen LogP contribution in [-0.4, -0.2) is 10.7 Å². The van der Waals surface area contributed by atoms with Crippen LogP contribution in [0.25, 0.3) is 0 Å². The largest absolute Gasteiger partial charge is 0.440 e. The van der Waals surface area contributed by atoms with Crippen molar-refractivity contribution in [3.63, 3.8) is 0 Å². The first-order chi connectivity index (χ1) is 7.36. The summed E-state index contributed by atoms with van der Waals surface area (Å²) < 4.78 is 5.12. The van der Waals surface area contributed by atoms with Crippen LogP contribution in [0.4, 0.5) is 5.69 Å². The average Bonchev–Trinajstić information content (AvgIpc) is 2.74. The van der Waals surface area contributed by atoms with Crippen LogP contribution in [0, 0.1) is 0 Å². The number of anilines is 1. The number of nitrogens with two attached hydrogens (primary N) is 1. The quantitative estimate of drug-likeness (QED) is 0.635. The Balaban J connectivity index is 1.86. The minimum Gasteiger partial charge on any atom is -0.440 e. The van der Waals surface area contributed by atoms with Crippen molar-refractivity contribution in [1.82, 2.24) is 4.98 Å². The SMILES string of the molecule is Nc1ccccc1CCSc1ncco1.